The van der Waals surface area contributed by atoms with Crippen molar-refractivity contribution >= 4 is 22.5 Å². The molecule has 5 rings (SSSR count). The van der Waals surface area contributed by atoms with Crippen LogP contribution in [0.25, 0.3) is 22.0 Å². The Labute approximate surface area is 213 Å². The molecule has 10 heteroatoms. The van der Waals surface area contributed by atoms with Crippen LogP contribution in [0.15, 0.2) is 48.8 Å². The van der Waals surface area contributed by atoms with E-state index in [9.17, 15) is 9.18 Å². The summed E-state index contributed by atoms with van der Waals surface area (Å²) in [5.74, 6) is -1.12. The van der Waals surface area contributed by atoms with E-state index in [0.717, 1.165) is 19.4 Å². The molecule has 2 aromatic carbocycles. The number of piperidine rings is 1. The van der Waals surface area contributed by atoms with Crippen LogP contribution in [-0.4, -0.2) is 58.7 Å². The van der Waals surface area contributed by atoms with Crippen LogP contribution in [0.2, 0.25) is 0 Å². The van der Waals surface area contributed by atoms with Crippen molar-refractivity contribution in [1.82, 2.24) is 25.3 Å². The van der Waals surface area contributed by atoms with Gasteiger partial charge in [0.2, 0.25) is 0 Å². The lowest BCUT2D eigenvalue weighted by Crippen LogP contribution is -2.49. The summed E-state index contributed by atoms with van der Waals surface area (Å²) in [6, 6.07) is 8.76. The Balaban J connectivity index is 1.54. The summed E-state index contributed by atoms with van der Waals surface area (Å²) in [4.78, 5) is 20.1. The molecule has 8 nitrogen and oxygen atoms in total. The van der Waals surface area contributed by atoms with Gasteiger partial charge in [0.25, 0.3) is 5.91 Å². The average molecular weight is 507 g/mol. The fourth-order valence-electron chi connectivity index (χ4n) is 4.83. The number of hydrogen-bond acceptors (Lipinski definition) is 6. The van der Waals surface area contributed by atoms with Crippen LogP contribution in [0.4, 0.5) is 14.6 Å². The topological polar surface area (TPSA) is 85.2 Å². The summed E-state index contributed by atoms with van der Waals surface area (Å²) in [6.45, 7) is 4.18. The van der Waals surface area contributed by atoms with Gasteiger partial charge >= 0.3 is 0 Å². The highest BCUT2D eigenvalue weighted by Crippen LogP contribution is 2.33. The Morgan fingerprint density at radius 3 is 2.86 bits per heavy atom. The molecule has 0 saturated carbocycles. The first kappa shape index (κ1) is 24.9. The van der Waals surface area contributed by atoms with Crippen molar-refractivity contribution in [2.45, 2.75) is 32.4 Å². The summed E-state index contributed by atoms with van der Waals surface area (Å²) in [5.41, 5.74) is 1.60. The standard InChI is InChI=1S/C27H28F2N6O2/c1-17-12-20(28)13-19-7-9-31-26(25(17)19)35(21-4-3-8-30-15-21)27(36)22-6-5-18(14-23(22)29)24-16-34(33-32-24)10-11-37-2/h5-7,9,12-14,16,21,30H,3-4,8,10-11,15H2,1-2H3/t21-/m1/s1. The molecule has 1 N–H and O–H groups in total. The monoisotopic (exact) mass is 506 g/mol. The van der Waals surface area contributed by atoms with Crippen molar-refractivity contribution in [2.75, 3.05) is 31.7 Å². The van der Waals surface area contributed by atoms with Gasteiger partial charge in [-0.1, -0.05) is 11.3 Å². The highest BCUT2D eigenvalue weighted by molar-refractivity contribution is 6.11. The summed E-state index contributed by atoms with van der Waals surface area (Å²) >= 11 is 0. The fourth-order valence-corrected chi connectivity index (χ4v) is 4.83. The maximum absolute atomic E-state index is 15.5. The maximum atomic E-state index is 15.5. The van der Waals surface area contributed by atoms with Crippen LogP contribution in [-0.2, 0) is 11.3 Å². The van der Waals surface area contributed by atoms with Gasteiger partial charge in [0.05, 0.1) is 31.0 Å². The number of carbonyl (C=O) groups is 1. The number of nitrogens with one attached hydrogen (secondary N) is 1. The molecular formula is C27H28F2N6O2. The van der Waals surface area contributed by atoms with Crippen LogP contribution >= 0.6 is 0 Å². The van der Waals surface area contributed by atoms with E-state index in [1.807, 2.05) is 0 Å². The second-order valence-electron chi connectivity index (χ2n) is 9.18. The minimum Gasteiger partial charge on any atom is -0.383 e. The van der Waals surface area contributed by atoms with Gasteiger partial charge in [0.15, 0.2) is 0 Å². The Bertz CT molecular complexity index is 1430. The van der Waals surface area contributed by atoms with Crippen LogP contribution < -0.4 is 10.2 Å². The number of pyridine rings is 1. The maximum Gasteiger partial charge on any atom is 0.262 e. The van der Waals surface area contributed by atoms with Crippen molar-refractivity contribution in [3.05, 3.63) is 71.6 Å². The number of aromatic nitrogens is 4. The fraction of sp³-hybridized carbons (Fsp3) is 0.333. The van der Waals surface area contributed by atoms with E-state index in [1.165, 1.54) is 24.3 Å². The van der Waals surface area contributed by atoms with E-state index < -0.39 is 11.7 Å². The van der Waals surface area contributed by atoms with Crippen molar-refractivity contribution in [3.63, 3.8) is 0 Å². The van der Waals surface area contributed by atoms with Crippen LogP contribution in [0.1, 0.15) is 28.8 Å². The predicted molar refractivity (Wildman–Crippen MR) is 136 cm³/mol. The van der Waals surface area contributed by atoms with Crippen LogP contribution in [0.5, 0.6) is 0 Å². The largest absolute Gasteiger partial charge is 0.383 e. The van der Waals surface area contributed by atoms with E-state index in [0.29, 0.717) is 53.1 Å². The molecule has 0 bridgehead atoms. The molecule has 192 valence electrons. The van der Waals surface area contributed by atoms with Gasteiger partial charge in [0.1, 0.15) is 23.1 Å². The molecule has 0 unspecified atom stereocenters. The number of amides is 1. The van der Waals surface area contributed by atoms with Gasteiger partial charge in [0, 0.05) is 30.8 Å². The lowest BCUT2D eigenvalue weighted by Gasteiger charge is -2.35. The number of fused-ring (bicyclic) bond motifs is 1. The molecule has 4 aromatic rings. The Kier molecular flexibility index (Phi) is 7.20. The van der Waals surface area contributed by atoms with Crippen molar-refractivity contribution < 1.29 is 18.3 Å². The number of methoxy groups -OCH3 is 1. The molecule has 1 aliphatic rings. The number of hydrogen-bond donors (Lipinski definition) is 1. The molecule has 0 spiro atoms. The number of nitrogens with zero attached hydrogens (tertiary/aromatic N) is 5. The van der Waals surface area contributed by atoms with Gasteiger partial charge in [-0.25, -0.2) is 18.4 Å². The molecule has 1 fully saturated rings. The molecule has 37 heavy (non-hydrogen) atoms. The normalized spacial score (nSPS) is 15.7. The number of rotatable bonds is 7. The van der Waals surface area contributed by atoms with Crippen molar-refractivity contribution in [2.24, 2.45) is 0 Å². The molecule has 1 saturated heterocycles. The van der Waals surface area contributed by atoms with E-state index in [-0.39, 0.29) is 17.4 Å². The molecular weight excluding hydrogens is 478 g/mol. The molecule has 1 aliphatic heterocycles. The highest BCUT2D eigenvalue weighted by Gasteiger charge is 2.32. The number of benzene rings is 2. The van der Waals surface area contributed by atoms with Crippen LogP contribution in [0.3, 0.4) is 0 Å². The first-order chi connectivity index (χ1) is 18.0. The molecule has 1 amide bonds. The minimum absolute atomic E-state index is 0.0698. The number of aryl methyl sites for hydroxylation is 1. The van der Waals surface area contributed by atoms with Gasteiger partial charge in [-0.05, 0) is 67.6 Å². The zero-order chi connectivity index (χ0) is 25.9. The van der Waals surface area contributed by atoms with E-state index in [4.69, 9.17) is 4.74 Å². The van der Waals surface area contributed by atoms with Gasteiger partial charge in [-0.2, -0.15) is 0 Å². The minimum atomic E-state index is -0.661. The smallest absolute Gasteiger partial charge is 0.262 e. The second-order valence-corrected chi connectivity index (χ2v) is 9.18. The molecule has 0 aliphatic carbocycles. The SMILES string of the molecule is COCCn1cc(-c2ccc(C(=O)N(c3nccc4cc(F)cc(C)c34)[C@@H]3CCCNC3)c(F)c2)nn1. The van der Waals surface area contributed by atoms with E-state index in [2.05, 4.69) is 20.6 Å². The summed E-state index contributed by atoms with van der Waals surface area (Å²) < 4.78 is 36.3. The molecule has 2 aromatic heterocycles. The van der Waals surface area contributed by atoms with Crippen molar-refractivity contribution in [3.8, 4) is 11.3 Å². The van der Waals surface area contributed by atoms with E-state index >= 15 is 4.39 Å². The van der Waals surface area contributed by atoms with Gasteiger partial charge in [-0.3, -0.25) is 9.69 Å². The predicted octanol–water partition coefficient (Wildman–Crippen LogP) is 4.13. The third-order valence-corrected chi connectivity index (χ3v) is 6.65. The third kappa shape index (κ3) is 5.07. The lowest BCUT2D eigenvalue weighted by atomic mass is 10.0. The first-order valence-electron chi connectivity index (χ1n) is 12.2. The number of carbonyl (C=O) groups excluding carboxylic acids is 1. The lowest BCUT2D eigenvalue weighted by molar-refractivity contribution is 0.0968. The number of halogens is 2. The van der Waals surface area contributed by atoms with Gasteiger partial charge < -0.3 is 10.1 Å². The third-order valence-electron chi connectivity index (χ3n) is 6.65. The molecule has 3 heterocycles. The number of anilines is 1. The van der Waals surface area contributed by atoms with Gasteiger partial charge in [-0.15, -0.1) is 5.10 Å². The van der Waals surface area contributed by atoms with E-state index in [1.54, 1.807) is 48.1 Å². The van der Waals surface area contributed by atoms with Crippen LogP contribution in [0, 0.1) is 18.6 Å². The summed E-state index contributed by atoms with van der Waals surface area (Å²) in [7, 11) is 1.60. The molecule has 0 radical (unpaired) electrons. The summed E-state index contributed by atoms with van der Waals surface area (Å²) in [6.07, 6.45) is 4.87. The second kappa shape index (κ2) is 10.7. The van der Waals surface area contributed by atoms with Crippen molar-refractivity contribution in [1.29, 1.82) is 0 Å². The first-order valence-corrected chi connectivity index (χ1v) is 12.2. The zero-order valence-corrected chi connectivity index (χ0v) is 20.7. The Morgan fingerprint density at radius 2 is 2.11 bits per heavy atom. The Hall–Kier alpha value is -3.76. The summed E-state index contributed by atoms with van der Waals surface area (Å²) in [5, 5.41) is 12.8. The molecule has 1 atom stereocenters. The number of ether oxygens (including phenoxy) is 1. The quantitative estimate of drug-likeness (QED) is 0.406. The average Bonchev–Trinajstić information content (AvgIpc) is 3.37. The Morgan fingerprint density at radius 1 is 1.24 bits per heavy atom. The highest BCUT2D eigenvalue weighted by atomic mass is 19.1. The zero-order valence-electron chi connectivity index (χ0n) is 20.7.